The first-order chi connectivity index (χ1) is 9.66. The maximum absolute atomic E-state index is 12.3. The minimum Gasteiger partial charge on any atom is -0.358 e. The number of pyridine rings is 1. The Balaban J connectivity index is 1.94. The van der Waals surface area contributed by atoms with Crippen molar-refractivity contribution in [3.05, 3.63) is 39.6 Å². The van der Waals surface area contributed by atoms with E-state index in [4.69, 9.17) is 11.6 Å². The first-order valence-electron chi connectivity index (χ1n) is 6.52. The molecule has 2 aromatic rings. The molecule has 0 radical (unpaired) electrons. The Labute approximate surface area is 120 Å². The van der Waals surface area contributed by atoms with Crippen LogP contribution in [0.5, 0.6) is 0 Å². The highest BCUT2D eigenvalue weighted by Crippen LogP contribution is 2.20. The minimum atomic E-state index is -0.228. The summed E-state index contributed by atoms with van der Waals surface area (Å²) < 4.78 is 0. The maximum atomic E-state index is 12.3. The van der Waals surface area contributed by atoms with Crippen molar-refractivity contribution in [2.45, 2.75) is 12.8 Å². The van der Waals surface area contributed by atoms with Crippen molar-refractivity contribution in [3.63, 3.8) is 0 Å². The summed E-state index contributed by atoms with van der Waals surface area (Å²) in [6.07, 6.45) is 3.51. The van der Waals surface area contributed by atoms with Crippen molar-refractivity contribution in [3.8, 4) is 0 Å². The summed E-state index contributed by atoms with van der Waals surface area (Å²) in [5, 5.41) is 3.62. The fraction of sp³-hybridized carbons (Fsp3) is 0.286. The third kappa shape index (κ3) is 2.25. The number of likely N-dealkylation sites (tertiary alicyclic amines) is 1. The number of amides is 2. The lowest BCUT2D eigenvalue weighted by atomic mass is 10.2. The molecule has 104 valence electrons. The highest BCUT2D eigenvalue weighted by molar-refractivity contribution is 6.35. The molecule has 3 rings (SSSR count). The number of urea groups is 1. The Morgan fingerprint density at radius 3 is 2.80 bits per heavy atom. The summed E-state index contributed by atoms with van der Waals surface area (Å²) in [6, 6.07) is 4.88. The average molecular weight is 292 g/mol. The lowest BCUT2D eigenvalue weighted by Gasteiger charge is -2.16. The van der Waals surface area contributed by atoms with E-state index in [-0.39, 0.29) is 17.1 Å². The molecule has 6 heteroatoms. The Bertz CT molecular complexity index is 720. The third-order valence-electron chi connectivity index (χ3n) is 3.50. The maximum Gasteiger partial charge on any atom is 0.321 e. The molecule has 1 aromatic heterocycles. The van der Waals surface area contributed by atoms with Crippen molar-refractivity contribution >= 4 is 34.2 Å². The van der Waals surface area contributed by atoms with Gasteiger partial charge >= 0.3 is 6.03 Å². The van der Waals surface area contributed by atoms with Crippen LogP contribution in [-0.4, -0.2) is 29.0 Å². The zero-order valence-corrected chi connectivity index (χ0v) is 11.5. The van der Waals surface area contributed by atoms with Gasteiger partial charge < -0.3 is 15.2 Å². The van der Waals surface area contributed by atoms with Gasteiger partial charge in [0.2, 0.25) is 5.43 Å². The molecule has 5 nitrogen and oxygen atoms in total. The highest BCUT2D eigenvalue weighted by Gasteiger charge is 2.19. The molecular formula is C14H14ClN3O2. The Kier molecular flexibility index (Phi) is 3.36. The van der Waals surface area contributed by atoms with Gasteiger partial charge in [-0.3, -0.25) is 4.79 Å². The number of hydrogen-bond donors (Lipinski definition) is 2. The van der Waals surface area contributed by atoms with Crippen LogP contribution in [0.2, 0.25) is 5.02 Å². The number of nitrogens with zero attached hydrogens (tertiary/aromatic N) is 1. The first-order valence-corrected chi connectivity index (χ1v) is 6.90. The molecule has 1 aliphatic heterocycles. The third-order valence-corrected chi connectivity index (χ3v) is 3.81. The SMILES string of the molecule is O=C(Nc1c[nH]c2c(Cl)cccc2c1=O)N1CCCC1. The van der Waals surface area contributed by atoms with Crippen LogP contribution in [0.3, 0.4) is 0 Å². The highest BCUT2D eigenvalue weighted by atomic mass is 35.5. The molecule has 1 fully saturated rings. The van der Waals surface area contributed by atoms with Gasteiger partial charge in [-0.05, 0) is 25.0 Å². The number of fused-ring (bicyclic) bond motifs is 1. The van der Waals surface area contributed by atoms with Crippen LogP contribution in [0.15, 0.2) is 29.2 Å². The predicted octanol–water partition coefficient (Wildman–Crippen LogP) is 2.81. The van der Waals surface area contributed by atoms with Crippen LogP contribution in [0.25, 0.3) is 10.9 Å². The van der Waals surface area contributed by atoms with Gasteiger partial charge in [-0.25, -0.2) is 4.79 Å². The van der Waals surface area contributed by atoms with Gasteiger partial charge in [-0.2, -0.15) is 0 Å². The number of halogens is 1. The number of para-hydroxylation sites is 1. The molecule has 1 aliphatic rings. The van der Waals surface area contributed by atoms with Gasteiger partial charge in [-0.15, -0.1) is 0 Å². The largest absolute Gasteiger partial charge is 0.358 e. The van der Waals surface area contributed by atoms with E-state index in [0.29, 0.717) is 15.9 Å². The number of carbonyl (C=O) groups excluding carboxylic acids is 1. The van der Waals surface area contributed by atoms with Crippen LogP contribution in [0.1, 0.15) is 12.8 Å². The molecule has 2 N–H and O–H groups in total. The molecule has 0 unspecified atom stereocenters. The molecule has 0 saturated carbocycles. The van der Waals surface area contributed by atoms with Crippen LogP contribution in [0.4, 0.5) is 10.5 Å². The standard InChI is InChI=1S/C14H14ClN3O2/c15-10-5-3-4-9-12(10)16-8-11(13(9)19)17-14(20)18-6-1-2-7-18/h3-5,8H,1-2,6-7H2,(H,16,19)(H,17,20). The first kappa shape index (κ1) is 13.0. The van der Waals surface area contributed by atoms with E-state index < -0.39 is 0 Å². The number of carbonyl (C=O) groups is 1. The molecule has 0 bridgehead atoms. The summed E-state index contributed by atoms with van der Waals surface area (Å²) in [5.41, 5.74) is 0.601. The number of benzene rings is 1. The molecule has 0 aliphatic carbocycles. The second-order valence-electron chi connectivity index (χ2n) is 4.82. The monoisotopic (exact) mass is 291 g/mol. The van der Waals surface area contributed by atoms with Crippen LogP contribution in [0, 0.1) is 0 Å². The zero-order valence-electron chi connectivity index (χ0n) is 10.8. The van der Waals surface area contributed by atoms with Crippen molar-refractivity contribution in [1.82, 2.24) is 9.88 Å². The van der Waals surface area contributed by atoms with Gasteiger partial charge in [0, 0.05) is 24.7 Å². The Morgan fingerprint density at radius 1 is 1.30 bits per heavy atom. The van der Waals surface area contributed by atoms with E-state index in [2.05, 4.69) is 10.3 Å². The number of hydrogen-bond acceptors (Lipinski definition) is 2. The number of rotatable bonds is 1. The molecule has 2 amide bonds. The van der Waals surface area contributed by atoms with Gasteiger partial charge in [-0.1, -0.05) is 17.7 Å². The molecule has 1 aromatic carbocycles. The van der Waals surface area contributed by atoms with Crippen molar-refractivity contribution in [2.75, 3.05) is 18.4 Å². The topological polar surface area (TPSA) is 65.2 Å². The van der Waals surface area contributed by atoms with Gasteiger partial charge in [0.05, 0.1) is 10.5 Å². The Morgan fingerprint density at radius 2 is 2.05 bits per heavy atom. The van der Waals surface area contributed by atoms with Crippen molar-refractivity contribution in [2.24, 2.45) is 0 Å². The van der Waals surface area contributed by atoms with E-state index in [1.165, 1.54) is 6.20 Å². The number of nitrogens with one attached hydrogen (secondary N) is 2. The lowest BCUT2D eigenvalue weighted by molar-refractivity contribution is 0.222. The van der Waals surface area contributed by atoms with Crippen LogP contribution in [-0.2, 0) is 0 Å². The molecule has 1 saturated heterocycles. The van der Waals surface area contributed by atoms with E-state index in [9.17, 15) is 9.59 Å². The zero-order chi connectivity index (χ0) is 14.1. The summed E-state index contributed by atoms with van der Waals surface area (Å²) in [5.74, 6) is 0. The van der Waals surface area contributed by atoms with Crippen LogP contribution >= 0.6 is 11.6 Å². The normalized spacial score (nSPS) is 14.8. The van der Waals surface area contributed by atoms with Gasteiger partial charge in [0.15, 0.2) is 0 Å². The lowest BCUT2D eigenvalue weighted by Crippen LogP contribution is -2.33. The van der Waals surface area contributed by atoms with Crippen molar-refractivity contribution in [1.29, 1.82) is 0 Å². The van der Waals surface area contributed by atoms with Crippen molar-refractivity contribution < 1.29 is 4.79 Å². The fourth-order valence-corrected chi connectivity index (χ4v) is 2.65. The molecular weight excluding hydrogens is 278 g/mol. The summed E-state index contributed by atoms with van der Waals surface area (Å²) >= 11 is 6.02. The fourth-order valence-electron chi connectivity index (χ4n) is 2.42. The molecule has 2 heterocycles. The molecule has 20 heavy (non-hydrogen) atoms. The number of aromatic amines is 1. The van der Waals surface area contributed by atoms with Crippen LogP contribution < -0.4 is 10.7 Å². The van der Waals surface area contributed by atoms with E-state index in [1.54, 1.807) is 23.1 Å². The van der Waals surface area contributed by atoms with Gasteiger partial charge in [0.1, 0.15) is 5.69 Å². The number of anilines is 1. The molecule has 0 spiro atoms. The smallest absolute Gasteiger partial charge is 0.321 e. The van der Waals surface area contributed by atoms with E-state index in [0.717, 1.165) is 25.9 Å². The summed E-state index contributed by atoms with van der Waals surface area (Å²) in [6.45, 7) is 1.48. The second kappa shape index (κ2) is 5.17. The summed E-state index contributed by atoms with van der Waals surface area (Å²) in [7, 11) is 0. The second-order valence-corrected chi connectivity index (χ2v) is 5.23. The summed E-state index contributed by atoms with van der Waals surface area (Å²) in [4.78, 5) is 29.0. The van der Waals surface area contributed by atoms with E-state index >= 15 is 0 Å². The average Bonchev–Trinajstić information content (AvgIpc) is 2.97. The molecule has 0 atom stereocenters. The van der Waals surface area contributed by atoms with E-state index in [1.807, 2.05) is 0 Å². The minimum absolute atomic E-state index is 0.227. The quantitative estimate of drug-likeness (QED) is 0.848. The van der Waals surface area contributed by atoms with Gasteiger partial charge in [0.25, 0.3) is 0 Å². The Hall–Kier alpha value is -2.01. The number of H-pyrrole nitrogens is 1. The predicted molar refractivity (Wildman–Crippen MR) is 79.4 cm³/mol. The number of aromatic nitrogens is 1.